The van der Waals surface area contributed by atoms with Gasteiger partial charge in [-0.3, -0.25) is 0 Å². The van der Waals surface area contributed by atoms with E-state index in [9.17, 15) is 0 Å². The van der Waals surface area contributed by atoms with Gasteiger partial charge in [0.05, 0.1) is 17.8 Å². The lowest BCUT2D eigenvalue weighted by Crippen LogP contribution is -2.43. The molecule has 0 amide bonds. The zero-order valence-electron chi connectivity index (χ0n) is 8.96. The first-order chi connectivity index (χ1) is 7.59. The minimum atomic E-state index is -0.117. The summed E-state index contributed by atoms with van der Waals surface area (Å²) >= 11 is 11.7. The average Bonchev–Trinajstić information content (AvgIpc) is 2.24. The molecule has 1 atom stereocenters. The first-order valence-electron chi connectivity index (χ1n) is 5.14. The second-order valence-corrected chi connectivity index (χ2v) is 4.96. The van der Waals surface area contributed by atoms with E-state index in [1.54, 1.807) is 6.07 Å². The van der Waals surface area contributed by atoms with Gasteiger partial charge in [-0.2, -0.15) is 0 Å². The number of rotatable bonds is 2. The van der Waals surface area contributed by atoms with E-state index in [-0.39, 0.29) is 5.54 Å². The van der Waals surface area contributed by atoms with Crippen LogP contribution >= 0.6 is 23.2 Å². The minimum absolute atomic E-state index is 0.117. The summed E-state index contributed by atoms with van der Waals surface area (Å²) in [6.07, 6.45) is 2.07. The first kappa shape index (κ1) is 11.9. The molecule has 16 heavy (non-hydrogen) atoms. The summed E-state index contributed by atoms with van der Waals surface area (Å²) in [5.74, 6) is 0. The van der Waals surface area contributed by atoms with Crippen LogP contribution in [0.3, 0.4) is 0 Å². The maximum absolute atomic E-state index is 5.94. The number of halogens is 2. The van der Waals surface area contributed by atoms with Crippen molar-refractivity contribution < 1.29 is 4.74 Å². The molecule has 1 aromatic rings. The van der Waals surface area contributed by atoms with Crippen molar-refractivity contribution in [3.05, 3.63) is 16.4 Å². The molecule has 4 nitrogen and oxygen atoms in total. The van der Waals surface area contributed by atoms with Crippen LogP contribution in [0, 0.1) is 0 Å². The Morgan fingerprint density at radius 1 is 1.44 bits per heavy atom. The predicted octanol–water partition coefficient (Wildman–Crippen LogP) is 2.76. The highest BCUT2D eigenvalue weighted by molar-refractivity contribution is 6.33. The van der Waals surface area contributed by atoms with Crippen LogP contribution in [-0.2, 0) is 4.74 Å². The van der Waals surface area contributed by atoms with E-state index in [0.717, 1.165) is 19.4 Å². The molecule has 1 saturated heterocycles. The quantitative estimate of drug-likeness (QED) is 0.890. The van der Waals surface area contributed by atoms with Crippen molar-refractivity contribution in [2.75, 3.05) is 18.5 Å². The third kappa shape index (κ3) is 2.75. The van der Waals surface area contributed by atoms with Crippen molar-refractivity contribution in [3.63, 3.8) is 0 Å². The van der Waals surface area contributed by atoms with Crippen LogP contribution in [0.25, 0.3) is 0 Å². The highest BCUT2D eigenvalue weighted by Gasteiger charge is 2.28. The van der Waals surface area contributed by atoms with Gasteiger partial charge in [0, 0.05) is 12.7 Å². The van der Waals surface area contributed by atoms with Crippen molar-refractivity contribution in [2.24, 2.45) is 0 Å². The number of aromatic nitrogens is 2. The molecule has 0 bridgehead atoms. The molecule has 0 radical (unpaired) electrons. The molecule has 88 valence electrons. The molecule has 1 N–H and O–H groups in total. The van der Waals surface area contributed by atoms with Gasteiger partial charge in [-0.15, -0.1) is 10.2 Å². The normalized spacial score (nSPS) is 25.4. The summed E-state index contributed by atoms with van der Waals surface area (Å²) < 4.78 is 5.45. The van der Waals surface area contributed by atoms with Crippen LogP contribution in [0.2, 0.25) is 10.3 Å². The zero-order valence-corrected chi connectivity index (χ0v) is 10.5. The largest absolute Gasteiger partial charge is 0.379 e. The summed E-state index contributed by atoms with van der Waals surface area (Å²) in [6, 6.07) is 1.68. The summed E-state index contributed by atoms with van der Waals surface area (Å²) in [5, 5.41) is 11.4. The Kier molecular flexibility index (Phi) is 3.52. The summed E-state index contributed by atoms with van der Waals surface area (Å²) in [5.41, 5.74) is 0.587. The van der Waals surface area contributed by atoms with E-state index < -0.39 is 0 Å². The van der Waals surface area contributed by atoms with Gasteiger partial charge in [0.1, 0.15) is 0 Å². The Morgan fingerprint density at radius 2 is 2.25 bits per heavy atom. The van der Waals surface area contributed by atoms with Crippen molar-refractivity contribution in [2.45, 2.75) is 25.3 Å². The molecule has 1 aliphatic rings. The summed E-state index contributed by atoms with van der Waals surface area (Å²) in [4.78, 5) is 0. The van der Waals surface area contributed by atoms with Gasteiger partial charge in [0.2, 0.25) is 0 Å². The van der Waals surface area contributed by atoms with Crippen LogP contribution < -0.4 is 5.32 Å². The molecule has 1 aliphatic heterocycles. The molecule has 0 saturated carbocycles. The molecule has 0 aliphatic carbocycles. The molecule has 0 aromatic carbocycles. The van der Waals surface area contributed by atoms with Crippen molar-refractivity contribution >= 4 is 28.9 Å². The highest BCUT2D eigenvalue weighted by Crippen LogP contribution is 2.28. The van der Waals surface area contributed by atoms with Gasteiger partial charge in [-0.05, 0) is 19.8 Å². The second kappa shape index (κ2) is 4.73. The van der Waals surface area contributed by atoms with Gasteiger partial charge in [-0.25, -0.2) is 0 Å². The molecule has 1 unspecified atom stereocenters. The maximum Gasteiger partial charge on any atom is 0.174 e. The topological polar surface area (TPSA) is 47.0 Å². The van der Waals surface area contributed by atoms with Gasteiger partial charge in [0.15, 0.2) is 10.3 Å². The van der Waals surface area contributed by atoms with Crippen LogP contribution in [0.5, 0.6) is 0 Å². The Morgan fingerprint density at radius 3 is 2.94 bits per heavy atom. The number of nitrogens with zero attached hydrogens (tertiary/aromatic N) is 2. The number of nitrogens with one attached hydrogen (secondary N) is 1. The van der Waals surface area contributed by atoms with Crippen molar-refractivity contribution in [3.8, 4) is 0 Å². The Balaban J connectivity index is 2.15. The van der Waals surface area contributed by atoms with E-state index in [0.29, 0.717) is 22.6 Å². The lowest BCUT2D eigenvalue weighted by atomic mass is 9.95. The predicted molar refractivity (Wildman–Crippen MR) is 64.1 cm³/mol. The molecular formula is C10H13Cl2N3O. The SMILES string of the molecule is CC1(Nc2cc(Cl)nnc2Cl)CCCOC1. The Labute approximate surface area is 104 Å². The van der Waals surface area contributed by atoms with Gasteiger partial charge < -0.3 is 10.1 Å². The van der Waals surface area contributed by atoms with Gasteiger partial charge in [-0.1, -0.05) is 23.2 Å². The third-order valence-electron chi connectivity index (χ3n) is 2.59. The van der Waals surface area contributed by atoms with E-state index in [1.165, 1.54) is 0 Å². The molecule has 6 heteroatoms. The number of hydrogen-bond acceptors (Lipinski definition) is 4. The average molecular weight is 262 g/mol. The van der Waals surface area contributed by atoms with Crippen LogP contribution in [-0.4, -0.2) is 29.0 Å². The summed E-state index contributed by atoms with van der Waals surface area (Å²) in [6.45, 7) is 3.57. The Hall–Kier alpha value is -0.580. The molecule has 2 heterocycles. The molecule has 0 spiro atoms. The number of anilines is 1. The lowest BCUT2D eigenvalue weighted by Gasteiger charge is -2.35. The molecular weight excluding hydrogens is 249 g/mol. The van der Waals surface area contributed by atoms with Crippen LogP contribution in [0.1, 0.15) is 19.8 Å². The Bertz CT molecular complexity index is 380. The zero-order chi connectivity index (χ0) is 11.6. The van der Waals surface area contributed by atoms with Gasteiger partial charge in [0.25, 0.3) is 0 Å². The number of ether oxygens (including phenoxy) is 1. The third-order valence-corrected chi connectivity index (χ3v) is 3.06. The number of hydrogen-bond donors (Lipinski definition) is 1. The highest BCUT2D eigenvalue weighted by atomic mass is 35.5. The second-order valence-electron chi connectivity index (χ2n) is 4.21. The fraction of sp³-hybridized carbons (Fsp3) is 0.600. The minimum Gasteiger partial charge on any atom is -0.379 e. The van der Waals surface area contributed by atoms with E-state index in [4.69, 9.17) is 27.9 Å². The van der Waals surface area contributed by atoms with E-state index >= 15 is 0 Å². The molecule has 2 rings (SSSR count). The van der Waals surface area contributed by atoms with Gasteiger partial charge >= 0.3 is 0 Å². The van der Waals surface area contributed by atoms with Crippen LogP contribution in [0.15, 0.2) is 6.07 Å². The fourth-order valence-corrected chi connectivity index (χ4v) is 2.08. The maximum atomic E-state index is 5.94. The molecule has 1 aromatic heterocycles. The van der Waals surface area contributed by atoms with Crippen LogP contribution in [0.4, 0.5) is 5.69 Å². The van der Waals surface area contributed by atoms with Crippen molar-refractivity contribution in [1.29, 1.82) is 0 Å². The smallest absolute Gasteiger partial charge is 0.174 e. The summed E-state index contributed by atoms with van der Waals surface area (Å²) in [7, 11) is 0. The standard InChI is InChI=1S/C10H13Cl2N3O/c1-10(3-2-4-16-6-10)13-7-5-8(11)14-15-9(7)12/h5H,2-4,6H2,1H3,(H,13,14). The first-order valence-corrected chi connectivity index (χ1v) is 5.89. The van der Waals surface area contributed by atoms with E-state index in [2.05, 4.69) is 22.4 Å². The fourth-order valence-electron chi connectivity index (χ4n) is 1.80. The van der Waals surface area contributed by atoms with E-state index in [1.807, 2.05) is 0 Å². The monoisotopic (exact) mass is 261 g/mol. The molecule has 1 fully saturated rings. The lowest BCUT2D eigenvalue weighted by molar-refractivity contribution is 0.0540. The van der Waals surface area contributed by atoms with Crippen molar-refractivity contribution in [1.82, 2.24) is 10.2 Å².